The molecule has 1 heterocycles. The summed E-state index contributed by atoms with van der Waals surface area (Å²) in [5, 5.41) is 6.76. The number of nitrogens with one attached hydrogen (secondary N) is 2. The van der Waals surface area contributed by atoms with Gasteiger partial charge in [-0.15, -0.1) is 0 Å². The van der Waals surface area contributed by atoms with Crippen molar-refractivity contribution >= 4 is 11.9 Å². The molecule has 0 aromatic heterocycles. The lowest BCUT2D eigenvalue weighted by atomic mass is 9.96. The molecule has 162 valence electrons. The Morgan fingerprint density at radius 2 is 1.97 bits per heavy atom. The number of nitrogens with two attached hydrogens (primary N) is 1. The average molecular weight is 404 g/mol. The van der Waals surface area contributed by atoms with Gasteiger partial charge in [0, 0.05) is 26.1 Å². The zero-order chi connectivity index (χ0) is 21.1. The fourth-order valence-corrected chi connectivity index (χ4v) is 3.75. The van der Waals surface area contributed by atoms with Gasteiger partial charge in [0.2, 0.25) is 5.91 Å². The molecule has 1 aromatic carbocycles. The third-order valence-corrected chi connectivity index (χ3v) is 5.53. The first kappa shape index (κ1) is 23.0. The van der Waals surface area contributed by atoms with Gasteiger partial charge in [-0.25, -0.2) is 0 Å². The maximum absolute atomic E-state index is 11.2. The summed E-state index contributed by atoms with van der Waals surface area (Å²) in [4.78, 5) is 18.0. The third-order valence-electron chi connectivity index (χ3n) is 5.53. The lowest BCUT2D eigenvalue weighted by Gasteiger charge is -2.30. The molecule has 1 fully saturated rings. The van der Waals surface area contributed by atoms with E-state index in [1.54, 1.807) is 14.2 Å². The van der Waals surface area contributed by atoms with Gasteiger partial charge in [0.15, 0.2) is 5.96 Å². The molecule has 1 aliphatic heterocycles. The number of nitrogens with zero attached hydrogens (tertiary/aromatic N) is 2. The van der Waals surface area contributed by atoms with E-state index in [1.165, 1.54) is 11.1 Å². The summed E-state index contributed by atoms with van der Waals surface area (Å²) < 4.78 is 5.44. The maximum Gasteiger partial charge on any atom is 0.220 e. The van der Waals surface area contributed by atoms with Crippen LogP contribution >= 0.6 is 0 Å². The Balaban J connectivity index is 1.59. The number of aliphatic imine (C=N–C) groups is 1. The number of likely N-dealkylation sites (tertiary alicyclic amines) is 1. The number of hydrogen-bond donors (Lipinski definition) is 3. The predicted octanol–water partition coefficient (Wildman–Crippen LogP) is 1.69. The summed E-state index contributed by atoms with van der Waals surface area (Å²) in [6.45, 7) is 6.82. The largest absolute Gasteiger partial charge is 0.496 e. The van der Waals surface area contributed by atoms with Crippen LogP contribution in [-0.4, -0.2) is 63.6 Å². The van der Waals surface area contributed by atoms with Crippen molar-refractivity contribution in [1.82, 2.24) is 15.5 Å². The summed E-state index contributed by atoms with van der Waals surface area (Å²) in [5.41, 5.74) is 7.84. The highest BCUT2D eigenvalue weighted by Gasteiger charge is 2.22. The molecule has 1 aromatic rings. The molecule has 0 spiro atoms. The quantitative estimate of drug-likeness (QED) is 0.314. The summed E-state index contributed by atoms with van der Waals surface area (Å²) in [5.74, 6) is 1.69. The van der Waals surface area contributed by atoms with E-state index < -0.39 is 0 Å². The van der Waals surface area contributed by atoms with Crippen molar-refractivity contribution in [3.63, 3.8) is 0 Å². The molecule has 4 N–H and O–H groups in total. The number of carbonyl (C=O) groups is 1. The first-order valence-corrected chi connectivity index (χ1v) is 10.6. The van der Waals surface area contributed by atoms with Crippen molar-refractivity contribution in [2.45, 2.75) is 39.0 Å². The number of amides is 1. The molecular formula is C22H37N5O2. The van der Waals surface area contributed by atoms with Gasteiger partial charge < -0.3 is 26.0 Å². The fraction of sp³-hybridized carbons (Fsp3) is 0.636. The van der Waals surface area contributed by atoms with Gasteiger partial charge in [0.05, 0.1) is 7.11 Å². The van der Waals surface area contributed by atoms with Crippen LogP contribution < -0.4 is 21.1 Å². The number of ether oxygens (including phenoxy) is 1. The minimum Gasteiger partial charge on any atom is -0.496 e. The molecule has 0 aliphatic carbocycles. The molecule has 1 amide bonds. The van der Waals surface area contributed by atoms with E-state index in [0.717, 1.165) is 76.5 Å². The number of hydrogen-bond acceptors (Lipinski definition) is 4. The Kier molecular flexibility index (Phi) is 9.77. The van der Waals surface area contributed by atoms with E-state index in [0.29, 0.717) is 0 Å². The molecule has 0 radical (unpaired) electrons. The fourth-order valence-electron chi connectivity index (χ4n) is 3.75. The van der Waals surface area contributed by atoms with Gasteiger partial charge in [0.25, 0.3) is 0 Å². The lowest BCUT2D eigenvalue weighted by Crippen LogP contribution is -2.40. The number of benzene rings is 1. The van der Waals surface area contributed by atoms with Crippen LogP contribution in [0, 0.1) is 12.8 Å². The SMILES string of the molecule is CN=C(NCCCCN1CCC(C(N)=O)CC1)NCCc1cc(C)ccc1OC. The molecule has 7 nitrogen and oxygen atoms in total. The highest BCUT2D eigenvalue weighted by molar-refractivity contribution is 5.79. The van der Waals surface area contributed by atoms with Crippen molar-refractivity contribution in [3.05, 3.63) is 29.3 Å². The summed E-state index contributed by atoms with van der Waals surface area (Å²) in [7, 11) is 3.51. The number of piperidine rings is 1. The highest BCUT2D eigenvalue weighted by atomic mass is 16.5. The molecule has 0 bridgehead atoms. The Bertz CT molecular complexity index is 669. The van der Waals surface area contributed by atoms with Gasteiger partial charge >= 0.3 is 0 Å². The van der Waals surface area contributed by atoms with Crippen LogP contribution in [0.25, 0.3) is 0 Å². The molecule has 0 atom stereocenters. The smallest absolute Gasteiger partial charge is 0.220 e. The van der Waals surface area contributed by atoms with Crippen molar-refractivity contribution in [1.29, 1.82) is 0 Å². The summed E-state index contributed by atoms with van der Waals surface area (Å²) in [6, 6.07) is 6.26. The first-order valence-electron chi connectivity index (χ1n) is 10.6. The topological polar surface area (TPSA) is 92.0 Å². The molecule has 0 unspecified atom stereocenters. The number of rotatable bonds is 10. The molecule has 1 aliphatic rings. The standard InChI is InChI=1S/C22H37N5O2/c1-17-6-7-20(29-3)19(16-17)8-12-26-22(24-2)25-11-4-5-13-27-14-9-18(10-15-27)21(23)28/h6-7,16,18H,4-5,8-15H2,1-3H3,(H2,23,28)(H2,24,25,26). The predicted molar refractivity (Wildman–Crippen MR) is 118 cm³/mol. The van der Waals surface area contributed by atoms with Gasteiger partial charge in [-0.1, -0.05) is 17.7 Å². The summed E-state index contributed by atoms with van der Waals surface area (Å²) in [6.07, 6.45) is 4.90. The van der Waals surface area contributed by atoms with Crippen LogP contribution in [0.1, 0.15) is 36.8 Å². The molecular weight excluding hydrogens is 366 g/mol. The second kappa shape index (κ2) is 12.3. The molecule has 1 saturated heterocycles. The molecule has 29 heavy (non-hydrogen) atoms. The van der Waals surface area contributed by atoms with E-state index in [-0.39, 0.29) is 11.8 Å². The highest BCUT2D eigenvalue weighted by Crippen LogP contribution is 2.19. The van der Waals surface area contributed by atoms with Crippen molar-refractivity contribution in [3.8, 4) is 5.75 Å². The van der Waals surface area contributed by atoms with Gasteiger partial charge in [-0.05, 0) is 70.3 Å². The van der Waals surface area contributed by atoms with E-state index >= 15 is 0 Å². The third kappa shape index (κ3) is 7.93. The molecule has 0 saturated carbocycles. The Hall–Kier alpha value is -2.28. The number of carbonyl (C=O) groups excluding carboxylic acids is 1. The number of aryl methyl sites for hydroxylation is 1. The van der Waals surface area contributed by atoms with Gasteiger partial charge in [-0.3, -0.25) is 9.79 Å². The first-order chi connectivity index (χ1) is 14.0. The van der Waals surface area contributed by atoms with Crippen LogP contribution in [-0.2, 0) is 11.2 Å². The van der Waals surface area contributed by atoms with E-state index in [2.05, 4.69) is 39.6 Å². The average Bonchev–Trinajstić information content (AvgIpc) is 2.72. The number of unbranched alkanes of at least 4 members (excludes halogenated alkanes) is 1. The van der Waals surface area contributed by atoms with Crippen molar-refractivity contribution in [2.75, 3.05) is 46.9 Å². The number of methoxy groups -OCH3 is 1. The minimum absolute atomic E-state index is 0.0714. The van der Waals surface area contributed by atoms with Gasteiger partial charge in [-0.2, -0.15) is 0 Å². The molecule has 2 rings (SSSR count). The monoisotopic (exact) mass is 403 g/mol. The minimum atomic E-state index is -0.145. The van der Waals surface area contributed by atoms with Crippen LogP contribution in [0.2, 0.25) is 0 Å². The zero-order valence-corrected chi connectivity index (χ0v) is 18.2. The summed E-state index contributed by atoms with van der Waals surface area (Å²) >= 11 is 0. The van der Waals surface area contributed by atoms with Crippen molar-refractivity contribution in [2.24, 2.45) is 16.6 Å². The van der Waals surface area contributed by atoms with E-state index in [4.69, 9.17) is 10.5 Å². The van der Waals surface area contributed by atoms with Crippen LogP contribution in [0.4, 0.5) is 0 Å². The van der Waals surface area contributed by atoms with Gasteiger partial charge in [0.1, 0.15) is 5.75 Å². The van der Waals surface area contributed by atoms with E-state index in [1.807, 2.05) is 6.07 Å². The Labute approximate surface area is 175 Å². The normalized spacial score (nSPS) is 15.9. The lowest BCUT2D eigenvalue weighted by molar-refractivity contribution is -0.123. The van der Waals surface area contributed by atoms with Crippen molar-refractivity contribution < 1.29 is 9.53 Å². The zero-order valence-electron chi connectivity index (χ0n) is 18.2. The maximum atomic E-state index is 11.2. The van der Waals surface area contributed by atoms with Crippen LogP contribution in [0.3, 0.4) is 0 Å². The second-order valence-corrected chi connectivity index (χ2v) is 7.72. The number of guanidine groups is 1. The molecule has 7 heteroatoms. The second-order valence-electron chi connectivity index (χ2n) is 7.72. The van der Waals surface area contributed by atoms with Crippen LogP contribution in [0.15, 0.2) is 23.2 Å². The van der Waals surface area contributed by atoms with Crippen LogP contribution in [0.5, 0.6) is 5.75 Å². The Morgan fingerprint density at radius 1 is 1.24 bits per heavy atom. The van der Waals surface area contributed by atoms with E-state index in [9.17, 15) is 4.79 Å². The number of primary amides is 1. The Morgan fingerprint density at radius 3 is 2.62 bits per heavy atom.